The number of phenolic OH excluding ortho intramolecular Hbond substituents is 1. The van der Waals surface area contributed by atoms with Gasteiger partial charge in [0.1, 0.15) is 22.8 Å². The molecule has 0 spiro atoms. The molecule has 1 aromatic heterocycles. The van der Waals surface area contributed by atoms with Gasteiger partial charge in [0, 0.05) is 29.8 Å². The van der Waals surface area contributed by atoms with E-state index < -0.39 is 11.6 Å². The summed E-state index contributed by atoms with van der Waals surface area (Å²) in [6, 6.07) is 5.67. The highest BCUT2D eigenvalue weighted by Gasteiger charge is 2.34. The van der Waals surface area contributed by atoms with Crippen LogP contribution in [0, 0.1) is 20.8 Å². The summed E-state index contributed by atoms with van der Waals surface area (Å²) in [5.74, 6) is 0.806. The van der Waals surface area contributed by atoms with Crippen molar-refractivity contribution in [3.05, 3.63) is 70.0 Å². The van der Waals surface area contributed by atoms with Gasteiger partial charge in [-0.15, -0.1) is 17.5 Å². The van der Waals surface area contributed by atoms with Gasteiger partial charge < -0.3 is 19.7 Å². The van der Waals surface area contributed by atoms with E-state index in [0.29, 0.717) is 36.6 Å². The first-order valence-electron chi connectivity index (χ1n) is 11.7. The van der Waals surface area contributed by atoms with E-state index in [4.69, 9.17) is 14.6 Å². The van der Waals surface area contributed by atoms with Crippen LogP contribution in [0.25, 0.3) is 6.08 Å². The van der Waals surface area contributed by atoms with Crippen molar-refractivity contribution in [3.8, 4) is 17.2 Å². The number of hydrogen-bond donors (Lipinski definition) is 2. The molecule has 0 radical (unpaired) electrons. The average Bonchev–Trinajstić information content (AvgIpc) is 3.33. The number of carboxylic acids is 1. The monoisotopic (exact) mass is 513 g/mol. The molecule has 2 heterocycles. The lowest BCUT2D eigenvalue weighted by atomic mass is 9.86. The van der Waals surface area contributed by atoms with Crippen molar-refractivity contribution in [2.75, 3.05) is 6.61 Å². The Morgan fingerprint density at radius 3 is 2.72 bits per heavy atom. The molecule has 36 heavy (non-hydrogen) atoms. The van der Waals surface area contributed by atoms with Gasteiger partial charge in [0.05, 0.1) is 19.3 Å². The number of rotatable bonds is 8. The molecule has 2 aromatic carbocycles. The summed E-state index contributed by atoms with van der Waals surface area (Å²) in [6.45, 7) is 8.85. The number of hydrogen-bond acceptors (Lipinski definition) is 6. The van der Waals surface area contributed by atoms with Crippen LogP contribution >= 0.6 is 12.4 Å². The molecule has 1 unspecified atom stereocenters. The molecule has 9 heteroatoms. The number of aromatic hydroxyl groups is 1. The third-order valence-corrected chi connectivity index (χ3v) is 6.78. The van der Waals surface area contributed by atoms with Gasteiger partial charge in [0.25, 0.3) is 0 Å². The van der Waals surface area contributed by atoms with E-state index in [0.717, 1.165) is 52.5 Å². The molecule has 192 valence electrons. The van der Waals surface area contributed by atoms with Gasteiger partial charge in [0.2, 0.25) is 0 Å². The lowest BCUT2D eigenvalue weighted by Gasteiger charge is -2.38. The maximum atomic E-state index is 11.0. The summed E-state index contributed by atoms with van der Waals surface area (Å²) in [7, 11) is 0. The zero-order valence-electron chi connectivity index (χ0n) is 20.9. The lowest BCUT2D eigenvalue weighted by Crippen LogP contribution is -2.38. The smallest absolute Gasteiger partial charge is 0.328 e. The standard InChI is InChI=1S/C27H31N3O5.ClH/c1-17-18(2)26-22(19(3)25(17)33)9-10-27(4,35-26)11-14-34-23-15-20(16-30-13-12-28-29-30)5-6-21(23)7-8-24(31)32;/h5-8,12-13,15,33H,9-11,14,16H2,1-4H3,(H,31,32);1H. The Hall–Kier alpha value is -3.52. The summed E-state index contributed by atoms with van der Waals surface area (Å²) in [5, 5.41) is 27.3. The minimum absolute atomic E-state index is 0. The van der Waals surface area contributed by atoms with Crippen molar-refractivity contribution in [1.29, 1.82) is 0 Å². The van der Waals surface area contributed by atoms with Crippen LogP contribution in [0.4, 0.5) is 0 Å². The summed E-state index contributed by atoms with van der Waals surface area (Å²) in [5.41, 5.74) is 5.02. The molecule has 1 aliphatic rings. The fourth-order valence-electron chi connectivity index (χ4n) is 4.45. The van der Waals surface area contributed by atoms with Crippen molar-refractivity contribution in [2.24, 2.45) is 0 Å². The van der Waals surface area contributed by atoms with Crippen LogP contribution in [0.15, 0.2) is 36.7 Å². The molecule has 0 fully saturated rings. The normalized spacial score (nSPS) is 16.8. The number of halogens is 1. The fraction of sp³-hybridized carbons (Fsp3) is 0.370. The highest BCUT2D eigenvalue weighted by molar-refractivity contribution is 5.86. The molecule has 0 bridgehead atoms. The zero-order valence-corrected chi connectivity index (χ0v) is 21.8. The zero-order chi connectivity index (χ0) is 25.2. The second kappa shape index (κ2) is 11.0. The summed E-state index contributed by atoms with van der Waals surface area (Å²) >= 11 is 0. The van der Waals surface area contributed by atoms with Gasteiger partial charge in [0.15, 0.2) is 0 Å². The Labute approximate surface area is 217 Å². The second-order valence-electron chi connectivity index (χ2n) is 9.33. The maximum absolute atomic E-state index is 11.0. The van der Waals surface area contributed by atoms with Crippen LogP contribution < -0.4 is 9.47 Å². The molecule has 0 saturated carbocycles. The molecule has 2 N–H and O–H groups in total. The van der Waals surface area contributed by atoms with E-state index >= 15 is 0 Å². The van der Waals surface area contributed by atoms with Crippen LogP contribution in [0.5, 0.6) is 17.2 Å². The van der Waals surface area contributed by atoms with Crippen molar-refractivity contribution in [1.82, 2.24) is 15.0 Å². The van der Waals surface area contributed by atoms with Crippen LogP contribution in [0.3, 0.4) is 0 Å². The Bertz CT molecular complexity index is 1270. The summed E-state index contributed by atoms with van der Waals surface area (Å²) in [4.78, 5) is 11.0. The van der Waals surface area contributed by atoms with E-state index in [2.05, 4.69) is 17.2 Å². The van der Waals surface area contributed by atoms with Crippen LogP contribution in [0.1, 0.15) is 53.1 Å². The molecule has 0 aliphatic carbocycles. The van der Waals surface area contributed by atoms with Gasteiger partial charge in [-0.25, -0.2) is 9.48 Å². The number of aliphatic carboxylic acids is 1. The average molecular weight is 514 g/mol. The van der Waals surface area contributed by atoms with E-state index in [9.17, 15) is 9.90 Å². The van der Waals surface area contributed by atoms with Gasteiger partial charge in [-0.05, 0) is 74.9 Å². The third kappa shape index (κ3) is 5.82. The first kappa shape index (κ1) is 27.1. The number of fused-ring (bicyclic) bond motifs is 1. The molecular formula is C27H32ClN3O5. The van der Waals surface area contributed by atoms with Crippen molar-refractivity contribution in [3.63, 3.8) is 0 Å². The van der Waals surface area contributed by atoms with Gasteiger partial charge >= 0.3 is 5.97 Å². The number of phenols is 1. The van der Waals surface area contributed by atoms with Crippen molar-refractivity contribution in [2.45, 2.75) is 59.1 Å². The van der Waals surface area contributed by atoms with E-state index in [1.807, 2.05) is 39.0 Å². The lowest BCUT2D eigenvalue weighted by molar-refractivity contribution is -0.131. The topological polar surface area (TPSA) is 107 Å². The number of ether oxygens (including phenoxy) is 2. The molecule has 8 nitrogen and oxygen atoms in total. The number of carbonyl (C=O) groups is 1. The van der Waals surface area contributed by atoms with Gasteiger partial charge in [-0.3, -0.25) is 0 Å². The van der Waals surface area contributed by atoms with Crippen LogP contribution in [0.2, 0.25) is 0 Å². The molecule has 3 aromatic rings. The highest BCUT2D eigenvalue weighted by Crippen LogP contribution is 2.44. The molecule has 0 saturated heterocycles. The predicted octanol–water partition coefficient (Wildman–Crippen LogP) is 5.03. The molecule has 1 aliphatic heterocycles. The van der Waals surface area contributed by atoms with Crippen LogP contribution in [-0.4, -0.2) is 43.4 Å². The van der Waals surface area contributed by atoms with Crippen molar-refractivity contribution < 1.29 is 24.5 Å². The maximum Gasteiger partial charge on any atom is 0.328 e. The minimum atomic E-state index is -1.02. The molecule has 4 rings (SSSR count). The largest absolute Gasteiger partial charge is 0.507 e. The molecular weight excluding hydrogens is 482 g/mol. The Morgan fingerprint density at radius 2 is 2.03 bits per heavy atom. The molecule has 0 amide bonds. The van der Waals surface area contributed by atoms with Crippen molar-refractivity contribution >= 4 is 24.5 Å². The first-order valence-corrected chi connectivity index (χ1v) is 11.7. The summed E-state index contributed by atoms with van der Waals surface area (Å²) in [6.07, 6.45) is 8.33. The van der Waals surface area contributed by atoms with Crippen LogP contribution in [-0.2, 0) is 17.8 Å². The number of benzene rings is 2. The fourth-order valence-corrected chi connectivity index (χ4v) is 4.45. The molecule has 1 atom stereocenters. The second-order valence-corrected chi connectivity index (χ2v) is 9.33. The number of nitrogens with zero attached hydrogens (tertiary/aromatic N) is 3. The Balaban J connectivity index is 0.00000361. The van der Waals surface area contributed by atoms with E-state index in [1.165, 1.54) is 6.08 Å². The Morgan fingerprint density at radius 1 is 1.25 bits per heavy atom. The van der Waals surface area contributed by atoms with E-state index in [-0.39, 0.29) is 12.4 Å². The van der Waals surface area contributed by atoms with E-state index in [1.54, 1.807) is 17.1 Å². The predicted molar refractivity (Wildman–Crippen MR) is 139 cm³/mol. The van der Waals surface area contributed by atoms with Gasteiger partial charge in [-0.2, -0.15) is 0 Å². The van der Waals surface area contributed by atoms with Gasteiger partial charge in [-0.1, -0.05) is 17.3 Å². The third-order valence-electron chi connectivity index (χ3n) is 6.78. The SMILES string of the molecule is Cc1c(C)c2c(c(C)c1O)CCC(C)(CCOc1cc(Cn3ccnn3)ccc1C=CC(=O)O)O2.Cl. The Kier molecular flexibility index (Phi) is 8.30. The summed E-state index contributed by atoms with van der Waals surface area (Å²) < 4.78 is 14.4. The minimum Gasteiger partial charge on any atom is -0.507 e. The first-order chi connectivity index (χ1) is 16.7. The number of carboxylic acid groups (broad SMARTS) is 1. The number of aromatic nitrogens is 3. The quantitative estimate of drug-likeness (QED) is 0.407. The highest BCUT2D eigenvalue weighted by atomic mass is 35.5.